The maximum Gasteiger partial charge on any atom is 0 e. The van der Waals surface area contributed by atoms with Gasteiger partial charge in [-0.1, -0.05) is 6.92 Å². The van der Waals surface area contributed by atoms with Gasteiger partial charge in [0.1, 0.15) is 0 Å². The Bertz CT molecular complexity index is 108. The Balaban J connectivity index is 0.000000360. The van der Waals surface area contributed by atoms with Crippen molar-refractivity contribution in [2.45, 2.75) is 6.92 Å². The van der Waals surface area contributed by atoms with E-state index in [0.29, 0.717) is 0 Å². The van der Waals surface area contributed by atoms with Gasteiger partial charge in [0.25, 0.3) is 0 Å². The summed E-state index contributed by atoms with van der Waals surface area (Å²) in [6.07, 6.45) is 0. The molecule has 0 aromatic heterocycles. The second kappa shape index (κ2) is 3.06. The van der Waals surface area contributed by atoms with Crippen molar-refractivity contribution in [1.29, 1.82) is 0 Å². The van der Waals surface area contributed by atoms with Gasteiger partial charge in [0, 0.05) is 20.1 Å². The third kappa shape index (κ3) is 1.96. The summed E-state index contributed by atoms with van der Waals surface area (Å²) in [5.41, 5.74) is 1.34. The average molecular weight is 271 g/mol. The van der Waals surface area contributed by atoms with Crippen molar-refractivity contribution in [2.24, 2.45) is 0 Å². The fourth-order valence-corrected chi connectivity index (χ4v) is 0.470. The normalized spacial score (nSPS) is 7.57. The first kappa shape index (κ1) is 7.00. The van der Waals surface area contributed by atoms with Crippen molar-refractivity contribution in [1.82, 2.24) is 0 Å². The molecule has 0 N–H and O–H groups in total. The van der Waals surface area contributed by atoms with Crippen molar-refractivity contribution in [3.8, 4) is 0 Å². The van der Waals surface area contributed by atoms with Crippen molar-refractivity contribution in [2.75, 3.05) is 0 Å². The van der Waals surface area contributed by atoms with Crippen LogP contribution in [0.5, 0.6) is 0 Å². The Morgan fingerprint density at radius 3 is 1.71 bits per heavy atom. The van der Waals surface area contributed by atoms with E-state index < -0.39 is 0 Å². The van der Waals surface area contributed by atoms with Crippen molar-refractivity contribution >= 4 is 0 Å². The van der Waals surface area contributed by atoms with E-state index in [2.05, 4.69) is 19.1 Å². The monoisotopic (exact) mass is 272 g/mol. The molecule has 0 saturated heterocycles. The van der Waals surface area contributed by atoms with E-state index in [9.17, 15) is 0 Å². The zero-order valence-corrected chi connectivity index (χ0v) is 6.54. The minimum absolute atomic E-state index is 0. The summed E-state index contributed by atoms with van der Waals surface area (Å²) in [5, 5.41) is 0. The summed E-state index contributed by atoms with van der Waals surface area (Å²) in [7, 11) is 0. The smallest absolute Gasteiger partial charge is 0 e. The Morgan fingerprint density at radius 1 is 1.14 bits per heavy atom. The molecule has 0 bridgehead atoms. The van der Waals surface area contributed by atoms with Crippen LogP contribution in [0.2, 0.25) is 0 Å². The van der Waals surface area contributed by atoms with Gasteiger partial charge < -0.3 is 0 Å². The molecule has 41 valence electrons. The van der Waals surface area contributed by atoms with Gasteiger partial charge in [-0.25, -0.2) is 12.1 Å². The summed E-state index contributed by atoms with van der Waals surface area (Å²) in [6, 6.07) is 8.24. The van der Waals surface area contributed by atoms with Crippen LogP contribution in [0.15, 0.2) is 24.3 Å². The summed E-state index contributed by atoms with van der Waals surface area (Å²) < 4.78 is 0. The van der Waals surface area contributed by atoms with E-state index in [0.717, 1.165) is 0 Å². The molecule has 1 aromatic rings. The predicted octanol–water partition coefficient (Wildman–Crippen LogP) is 1.71. The van der Waals surface area contributed by atoms with E-state index in [1.165, 1.54) is 5.56 Å². The van der Waals surface area contributed by atoms with E-state index in [1.54, 1.807) is 0 Å². The van der Waals surface area contributed by atoms with Gasteiger partial charge in [0.05, 0.1) is 0 Å². The molecule has 0 heterocycles. The number of hydrogen-bond acceptors (Lipinski definition) is 0. The molecule has 0 amide bonds. The molecule has 0 unspecified atom stereocenters. The molecule has 0 aliphatic carbocycles. The Morgan fingerprint density at radius 2 is 1.57 bits per heavy atom. The molecule has 7 heavy (non-hydrogen) atoms. The first-order valence-corrected chi connectivity index (χ1v) is 2.08. The molecular formula is C6H7Ir-. The maximum absolute atomic E-state index is 2.08. The minimum atomic E-state index is 0. The van der Waals surface area contributed by atoms with Crippen LogP contribution >= 0.6 is 0 Å². The molecule has 0 atom stereocenters. The summed E-state index contributed by atoms with van der Waals surface area (Å²) in [4.78, 5) is 0. The molecule has 0 saturated carbocycles. The quantitative estimate of drug-likeness (QED) is 0.630. The zero-order valence-electron chi connectivity index (χ0n) is 4.14. The first-order chi connectivity index (χ1) is 2.89. The number of rotatable bonds is 0. The minimum Gasteiger partial charge on any atom is -0.213 e. The van der Waals surface area contributed by atoms with Gasteiger partial charge in [-0.3, -0.25) is 0 Å². The Hall–Kier alpha value is -0.000649. The van der Waals surface area contributed by atoms with E-state index >= 15 is 0 Å². The van der Waals surface area contributed by atoms with E-state index in [-0.39, 0.29) is 20.1 Å². The molecule has 0 nitrogen and oxygen atoms in total. The molecular weight excluding hydrogens is 264 g/mol. The Labute approximate surface area is 57.3 Å². The molecule has 1 heteroatoms. The second-order valence-electron chi connectivity index (χ2n) is 1.46. The average Bonchev–Trinajstić information content (AvgIpc) is 1.86. The van der Waals surface area contributed by atoms with Crippen LogP contribution in [0.1, 0.15) is 5.56 Å². The SMILES string of the molecule is C[c-]1cccc1.[Ir]. The molecule has 0 aliphatic rings. The summed E-state index contributed by atoms with van der Waals surface area (Å²) in [6.45, 7) is 2.08. The van der Waals surface area contributed by atoms with Crippen LogP contribution in [-0.4, -0.2) is 0 Å². The molecule has 0 fully saturated rings. The Kier molecular flexibility index (Phi) is 3.06. The molecule has 1 radical (unpaired) electrons. The van der Waals surface area contributed by atoms with Crippen LogP contribution in [0.25, 0.3) is 0 Å². The van der Waals surface area contributed by atoms with Gasteiger partial charge in [0.2, 0.25) is 0 Å². The van der Waals surface area contributed by atoms with Crippen LogP contribution in [0.3, 0.4) is 0 Å². The summed E-state index contributed by atoms with van der Waals surface area (Å²) in [5.74, 6) is 0. The van der Waals surface area contributed by atoms with Gasteiger partial charge in [-0.2, -0.15) is 17.7 Å². The van der Waals surface area contributed by atoms with Gasteiger partial charge in [-0.05, 0) is 0 Å². The van der Waals surface area contributed by atoms with Gasteiger partial charge in [0.15, 0.2) is 0 Å². The van der Waals surface area contributed by atoms with Gasteiger partial charge >= 0.3 is 0 Å². The fourth-order valence-electron chi connectivity index (χ4n) is 0.470. The van der Waals surface area contributed by atoms with E-state index in [4.69, 9.17) is 0 Å². The van der Waals surface area contributed by atoms with Gasteiger partial charge in [-0.15, -0.1) is 0 Å². The number of aryl methyl sites for hydroxylation is 1. The van der Waals surface area contributed by atoms with Crippen molar-refractivity contribution in [3.05, 3.63) is 29.8 Å². The van der Waals surface area contributed by atoms with Crippen molar-refractivity contribution < 1.29 is 20.1 Å². The van der Waals surface area contributed by atoms with Crippen LogP contribution in [0.4, 0.5) is 0 Å². The zero-order chi connectivity index (χ0) is 4.41. The second-order valence-corrected chi connectivity index (χ2v) is 1.46. The van der Waals surface area contributed by atoms with Crippen LogP contribution in [0, 0.1) is 6.92 Å². The summed E-state index contributed by atoms with van der Waals surface area (Å²) >= 11 is 0. The number of hydrogen-bond donors (Lipinski definition) is 0. The molecule has 1 aromatic carbocycles. The third-order valence-corrected chi connectivity index (χ3v) is 0.829. The standard InChI is InChI=1S/C6H7.Ir/c1-6-4-2-3-5-6;/h2-5H,1H3;/q-1;. The topological polar surface area (TPSA) is 0 Å². The third-order valence-electron chi connectivity index (χ3n) is 0.829. The molecule has 0 spiro atoms. The molecule has 1 rings (SSSR count). The van der Waals surface area contributed by atoms with Crippen molar-refractivity contribution in [3.63, 3.8) is 0 Å². The first-order valence-electron chi connectivity index (χ1n) is 2.08. The fraction of sp³-hybridized carbons (Fsp3) is 0.167. The van der Waals surface area contributed by atoms with E-state index in [1.807, 2.05) is 12.1 Å². The predicted molar refractivity (Wildman–Crippen MR) is 26.8 cm³/mol. The van der Waals surface area contributed by atoms with Crippen LogP contribution in [-0.2, 0) is 20.1 Å². The maximum atomic E-state index is 2.08. The molecule has 0 aliphatic heterocycles. The largest absolute Gasteiger partial charge is 0.213 e. The van der Waals surface area contributed by atoms with Crippen LogP contribution < -0.4 is 0 Å².